The van der Waals surface area contributed by atoms with Crippen molar-refractivity contribution in [1.29, 1.82) is 0 Å². The van der Waals surface area contributed by atoms with Gasteiger partial charge in [-0.15, -0.1) is 0 Å². The largest absolute Gasteiger partial charge is 0.447 e. The zero-order chi connectivity index (χ0) is 31.4. The van der Waals surface area contributed by atoms with Gasteiger partial charge < -0.3 is 19.8 Å². The van der Waals surface area contributed by atoms with Gasteiger partial charge in [-0.05, 0) is 48.6 Å². The fraction of sp³-hybridized carbons (Fsp3) is 0.250. The zero-order valence-corrected chi connectivity index (χ0v) is 24.8. The number of benzene rings is 3. The minimum absolute atomic E-state index is 0.198. The van der Waals surface area contributed by atoms with Crippen molar-refractivity contribution < 1.29 is 27.5 Å². The number of aliphatic imine (C=N–C) groups is 1. The van der Waals surface area contributed by atoms with Gasteiger partial charge in [0.1, 0.15) is 18.2 Å². The van der Waals surface area contributed by atoms with Crippen LogP contribution in [0, 0.1) is 17.6 Å². The van der Waals surface area contributed by atoms with Crippen LogP contribution in [-0.4, -0.2) is 60.0 Å². The van der Waals surface area contributed by atoms with Gasteiger partial charge in [-0.25, -0.2) is 18.6 Å². The molecule has 9 nitrogen and oxygen atoms in total. The van der Waals surface area contributed by atoms with Crippen LogP contribution in [0.15, 0.2) is 82.3 Å². The molecule has 2 N–H and O–H groups in total. The maximum atomic E-state index is 14.2. The van der Waals surface area contributed by atoms with Gasteiger partial charge in [0.2, 0.25) is 5.89 Å². The van der Waals surface area contributed by atoms with Crippen LogP contribution >= 0.6 is 11.6 Å². The molecule has 1 fully saturated rings. The molecule has 3 aromatic carbocycles. The van der Waals surface area contributed by atoms with E-state index >= 15 is 0 Å². The first kappa shape index (κ1) is 30.7. The molecule has 0 bridgehead atoms. The Morgan fingerprint density at radius 3 is 2.45 bits per heavy atom. The monoisotopic (exact) mass is 621 g/mol. The Labute approximate surface area is 257 Å². The molecule has 0 saturated heterocycles. The summed E-state index contributed by atoms with van der Waals surface area (Å²) in [5.74, 6) is -1.87. The molecule has 12 heteroatoms. The molecule has 4 aromatic rings. The predicted molar refractivity (Wildman–Crippen MR) is 162 cm³/mol. The molecule has 1 heterocycles. The lowest BCUT2D eigenvalue weighted by Gasteiger charge is -2.31. The van der Waals surface area contributed by atoms with E-state index in [0.717, 1.165) is 35.4 Å². The Kier molecular flexibility index (Phi) is 9.24. The van der Waals surface area contributed by atoms with Crippen LogP contribution < -0.4 is 5.73 Å². The number of amides is 2. The molecule has 5 rings (SSSR count). The average Bonchev–Trinajstić information content (AvgIpc) is 3.71. The number of hydrogen-bond donors (Lipinski definition) is 1. The van der Waals surface area contributed by atoms with Crippen LogP contribution in [0.3, 0.4) is 0 Å². The molecule has 0 aliphatic heterocycles. The molecule has 44 heavy (non-hydrogen) atoms. The fourth-order valence-corrected chi connectivity index (χ4v) is 4.67. The highest BCUT2D eigenvalue weighted by Crippen LogP contribution is 2.35. The number of oxazole rings is 1. The maximum Gasteiger partial charge on any atom is 0.409 e. The SMILES string of the molecule is CN(C)C(=O)OC[C@H](c1ccc(Cl)c(-c2ncc(-c3ccccc3)o2)c1)N(C(=O)c1cc(F)cc(F)c1)C(N)=NCC1CC1. The molecule has 0 spiro atoms. The third-order valence-electron chi connectivity index (χ3n) is 6.99. The second kappa shape index (κ2) is 13.3. The summed E-state index contributed by atoms with van der Waals surface area (Å²) in [7, 11) is 3.02. The molecule has 1 aliphatic rings. The predicted octanol–water partition coefficient (Wildman–Crippen LogP) is 6.55. The van der Waals surface area contributed by atoms with Crippen LogP contribution in [0.25, 0.3) is 22.8 Å². The van der Waals surface area contributed by atoms with Crippen molar-refractivity contribution in [1.82, 2.24) is 14.8 Å². The molecule has 1 saturated carbocycles. The van der Waals surface area contributed by atoms with Crippen molar-refractivity contribution in [3.05, 3.63) is 101 Å². The summed E-state index contributed by atoms with van der Waals surface area (Å²) in [5, 5.41) is 0.305. The van der Waals surface area contributed by atoms with E-state index in [0.29, 0.717) is 40.4 Å². The lowest BCUT2D eigenvalue weighted by molar-refractivity contribution is 0.0659. The van der Waals surface area contributed by atoms with Crippen molar-refractivity contribution in [2.24, 2.45) is 16.6 Å². The van der Waals surface area contributed by atoms with Crippen LogP contribution in [0.5, 0.6) is 0 Å². The summed E-state index contributed by atoms with van der Waals surface area (Å²) in [5.41, 5.74) is 7.75. The van der Waals surface area contributed by atoms with Crippen molar-refractivity contribution >= 4 is 29.6 Å². The normalized spacial score (nSPS) is 13.8. The Bertz CT molecular complexity index is 1670. The number of aromatic nitrogens is 1. The maximum absolute atomic E-state index is 14.2. The highest BCUT2D eigenvalue weighted by atomic mass is 35.5. The molecular weight excluding hydrogens is 592 g/mol. The second-order valence-corrected chi connectivity index (χ2v) is 11.0. The van der Waals surface area contributed by atoms with Gasteiger partial charge >= 0.3 is 6.09 Å². The lowest BCUT2D eigenvalue weighted by Crippen LogP contribution is -2.46. The topological polar surface area (TPSA) is 114 Å². The first-order chi connectivity index (χ1) is 21.1. The number of carbonyl (C=O) groups excluding carboxylic acids is 2. The van der Waals surface area contributed by atoms with Gasteiger partial charge in [-0.2, -0.15) is 0 Å². The minimum atomic E-state index is -1.08. The van der Waals surface area contributed by atoms with Gasteiger partial charge in [0.05, 0.1) is 22.8 Å². The molecule has 1 aliphatic carbocycles. The van der Waals surface area contributed by atoms with Crippen molar-refractivity contribution in [3.63, 3.8) is 0 Å². The number of guanidine groups is 1. The van der Waals surface area contributed by atoms with E-state index in [2.05, 4.69) is 9.98 Å². The van der Waals surface area contributed by atoms with Gasteiger partial charge in [-0.1, -0.05) is 48.0 Å². The Hall–Kier alpha value is -4.77. The highest BCUT2D eigenvalue weighted by Gasteiger charge is 2.33. The van der Waals surface area contributed by atoms with Crippen LogP contribution in [-0.2, 0) is 4.74 Å². The van der Waals surface area contributed by atoms with Gasteiger partial charge in [0, 0.05) is 37.8 Å². The lowest BCUT2D eigenvalue weighted by atomic mass is 10.0. The number of halogens is 3. The van der Waals surface area contributed by atoms with Gasteiger partial charge in [0.15, 0.2) is 11.7 Å². The van der Waals surface area contributed by atoms with Crippen molar-refractivity contribution in [2.75, 3.05) is 27.2 Å². The molecular formula is C32H30ClF2N5O4. The number of hydrogen-bond acceptors (Lipinski definition) is 6. The van der Waals surface area contributed by atoms with Crippen LogP contribution in [0.1, 0.15) is 34.8 Å². The van der Waals surface area contributed by atoms with E-state index in [1.807, 2.05) is 30.3 Å². The number of nitrogens with two attached hydrogens (primary N) is 1. The summed E-state index contributed by atoms with van der Waals surface area (Å²) in [4.78, 5) is 37.6. The summed E-state index contributed by atoms with van der Waals surface area (Å²) in [6, 6.07) is 15.6. The molecule has 0 unspecified atom stereocenters. The highest BCUT2D eigenvalue weighted by molar-refractivity contribution is 6.33. The van der Waals surface area contributed by atoms with Crippen LogP contribution in [0.2, 0.25) is 5.02 Å². The first-order valence-electron chi connectivity index (χ1n) is 13.9. The smallest absolute Gasteiger partial charge is 0.409 e. The standard InChI is InChI=1S/C32H30ClF2N5O4/c1-39(2)32(42)43-18-27(40(31(36)38-16-19-8-9-19)30(41)22-12-23(34)15-24(35)13-22)21-10-11-26(33)25(14-21)29-37-17-28(44-29)20-6-4-3-5-7-20/h3-7,10-15,17,19,27H,8-9,16,18H2,1-2H3,(H2,36,38)/t27-/m1/s1. The Morgan fingerprint density at radius 1 is 1.09 bits per heavy atom. The first-order valence-corrected chi connectivity index (χ1v) is 14.2. The summed E-state index contributed by atoms with van der Waals surface area (Å²) in [6.45, 7) is -0.0100. The summed E-state index contributed by atoms with van der Waals surface area (Å²) >= 11 is 6.58. The average molecular weight is 622 g/mol. The van der Waals surface area contributed by atoms with E-state index in [1.54, 1.807) is 24.4 Å². The molecule has 228 valence electrons. The molecule has 1 atom stereocenters. The van der Waals surface area contributed by atoms with Crippen molar-refractivity contribution in [2.45, 2.75) is 18.9 Å². The zero-order valence-electron chi connectivity index (χ0n) is 24.0. The van der Waals surface area contributed by atoms with E-state index < -0.39 is 29.7 Å². The van der Waals surface area contributed by atoms with E-state index in [9.17, 15) is 18.4 Å². The third-order valence-corrected chi connectivity index (χ3v) is 7.32. The molecule has 1 aromatic heterocycles. The number of nitrogens with zero attached hydrogens (tertiary/aromatic N) is 4. The Balaban J connectivity index is 1.59. The van der Waals surface area contributed by atoms with E-state index in [1.165, 1.54) is 19.0 Å². The molecule has 2 amide bonds. The number of rotatable bonds is 9. The van der Waals surface area contributed by atoms with Gasteiger partial charge in [-0.3, -0.25) is 14.7 Å². The van der Waals surface area contributed by atoms with Crippen molar-refractivity contribution in [3.8, 4) is 22.8 Å². The van der Waals surface area contributed by atoms with E-state index in [-0.39, 0.29) is 24.0 Å². The fourth-order valence-electron chi connectivity index (χ4n) is 4.47. The van der Waals surface area contributed by atoms with E-state index in [4.69, 9.17) is 26.5 Å². The minimum Gasteiger partial charge on any atom is -0.447 e. The third kappa shape index (κ3) is 7.23. The Morgan fingerprint density at radius 2 is 1.80 bits per heavy atom. The molecule has 0 radical (unpaired) electrons. The number of carbonyl (C=O) groups is 2. The number of ether oxygens (including phenoxy) is 1. The van der Waals surface area contributed by atoms with Gasteiger partial charge in [0.25, 0.3) is 5.91 Å². The summed E-state index contributed by atoms with van der Waals surface area (Å²) in [6.07, 6.45) is 2.85. The summed E-state index contributed by atoms with van der Waals surface area (Å²) < 4.78 is 40.0. The van der Waals surface area contributed by atoms with Crippen LogP contribution in [0.4, 0.5) is 13.6 Å². The second-order valence-electron chi connectivity index (χ2n) is 10.6. The quantitative estimate of drug-likeness (QED) is 0.168.